The Kier molecular flexibility index (Phi) is 1.92. The summed E-state index contributed by atoms with van der Waals surface area (Å²) in [6.07, 6.45) is 0.574. The van der Waals surface area contributed by atoms with Crippen molar-refractivity contribution in [2.24, 2.45) is 0 Å². The molecule has 0 spiro atoms. The molecule has 0 saturated carbocycles. The third-order valence-corrected chi connectivity index (χ3v) is 2.01. The number of carbonyl (C=O) groups is 2. The average molecular weight is 193 g/mol. The van der Waals surface area contributed by atoms with Crippen LogP contribution in [0, 0.1) is 0 Å². The molecule has 0 fully saturated rings. The first-order valence-electron chi connectivity index (χ1n) is 4.06. The van der Waals surface area contributed by atoms with Crippen molar-refractivity contribution >= 4 is 11.9 Å². The number of fused-ring (bicyclic) bond motifs is 1. The summed E-state index contributed by atoms with van der Waals surface area (Å²) in [4.78, 5) is 25.7. The van der Waals surface area contributed by atoms with E-state index in [2.05, 4.69) is 9.72 Å². The fraction of sp³-hybridized carbons (Fsp3) is 0.222. The molecule has 0 aliphatic carbocycles. The van der Waals surface area contributed by atoms with E-state index >= 15 is 0 Å². The van der Waals surface area contributed by atoms with E-state index in [9.17, 15) is 9.59 Å². The van der Waals surface area contributed by atoms with E-state index in [0.717, 1.165) is 0 Å². The Morgan fingerprint density at radius 2 is 2.43 bits per heavy atom. The van der Waals surface area contributed by atoms with E-state index in [1.54, 1.807) is 12.1 Å². The highest BCUT2D eigenvalue weighted by atomic mass is 16.6. The Balaban J connectivity index is 2.38. The molecule has 0 aromatic carbocycles. The lowest BCUT2D eigenvalue weighted by Gasteiger charge is -2.20. The fourth-order valence-electron chi connectivity index (χ4n) is 1.35. The molecule has 1 aliphatic rings. The van der Waals surface area contributed by atoms with Crippen LogP contribution in [0.2, 0.25) is 0 Å². The molecule has 72 valence electrons. The van der Waals surface area contributed by atoms with Gasteiger partial charge in [-0.1, -0.05) is 6.07 Å². The molecule has 1 N–H and O–H groups in total. The Hall–Kier alpha value is -1.91. The summed E-state index contributed by atoms with van der Waals surface area (Å²) in [6.45, 7) is 0. The zero-order valence-corrected chi connectivity index (χ0v) is 7.14. The molecular formula is C9H7NO4. The molecule has 0 radical (unpaired) electrons. The van der Waals surface area contributed by atoms with E-state index in [-0.39, 0.29) is 12.1 Å². The van der Waals surface area contributed by atoms with E-state index in [1.807, 2.05) is 0 Å². The molecule has 0 amide bonds. The summed E-state index contributed by atoms with van der Waals surface area (Å²) in [5.41, 5.74) is 0.834. The predicted octanol–water partition coefficient (Wildman–Crippen LogP) is 0.248. The van der Waals surface area contributed by atoms with Gasteiger partial charge in [0.15, 0.2) is 5.69 Å². The largest absolute Gasteiger partial charge is 0.478 e. The molecule has 1 atom stereocenters. The highest BCUT2D eigenvalue weighted by molar-refractivity contribution is 5.92. The maximum atomic E-state index is 11.3. The predicted molar refractivity (Wildman–Crippen MR) is 44.8 cm³/mol. The number of hydrogen-bond donors (Lipinski definition) is 1. The molecule has 0 bridgehead atoms. The van der Waals surface area contributed by atoms with E-state index in [0.29, 0.717) is 5.56 Å². The lowest BCUT2D eigenvalue weighted by atomic mass is 10.0. The molecule has 2 heterocycles. The number of ether oxygens (including phenoxy) is 1. The molecule has 5 nitrogen and oxygen atoms in total. The van der Waals surface area contributed by atoms with E-state index < -0.39 is 18.0 Å². The van der Waals surface area contributed by atoms with Crippen molar-refractivity contribution in [3.63, 3.8) is 0 Å². The van der Waals surface area contributed by atoms with Crippen LogP contribution in [0.4, 0.5) is 0 Å². The molecular weight excluding hydrogens is 186 g/mol. The van der Waals surface area contributed by atoms with Gasteiger partial charge >= 0.3 is 11.9 Å². The molecule has 5 heteroatoms. The number of cyclic esters (lactones) is 1. The molecule has 1 unspecified atom stereocenters. The number of nitrogens with zero attached hydrogens (tertiary/aromatic N) is 1. The van der Waals surface area contributed by atoms with Crippen molar-refractivity contribution in [1.82, 2.24) is 4.98 Å². The summed E-state index contributed by atoms with van der Waals surface area (Å²) < 4.78 is 4.67. The van der Waals surface area contributed by atoms with Crippen LogP contribution in [-0.2, 0) is 16.0 Å². The average Bonchev–Trinajstić information content (AvgIpc) is 2.17. The van der Waals surface area contributed by atoms with Crippen molar-refractivity contribution in [2.75, 3.05) is 0 Å². The van der Waals surface area contributed by atoms with E-state index in [1.165, 1.54) is 6.20 Å². The third kappa shape index (κ3) is 1.32. The SMILES string of the molecule is O=C1OC(C(=O)O)Cc2cccnc21. The van der Waals surface area contributed by atoms with Crippen LogP contribution in [0.5, 0.6) is 0 Å². The van der Waals surface area contributed by atoms with Gasteiger partial charge in [0.1, 0.15) is 0 Å². The van der Waals surface area contributed by atoms with Gasteiger partial charge in [0.2, 0.25) is 6.10 Å². The molecule has 1 aliphatic heterocycles. The topological polar surface area (TPSA) is 76.5 Å². The van der Waals surface area contributed by atoms with Crippen molar-refractivity contribution in [2.45, 2.75) is 12.5 Å². The zero-order chi connectivity index (χ0) is 10.1. The van der Waals surface area contributed by atoms with Gasteiger partial charge in [-0.05, 0) is 11.6 Å². The molecule has 14 heavy (non-hydrogen) atoms. The minimum Gasteiger partial charge on any atom is -0.478 e. The third-order valence-electron chi connectivity index (χ3n) is 2.01. The molecule has 0 saturated heterocycles. The summed E-state index contributed by atoms with van der Waals surface area (Å²) in [6, 6.07) is 3.34. The number of aliphatic carboxylic acids is 1. The number of carboxylic acid groups (broad SMARTS) is 1. The zero-order valence-electron chi connectivity index (χ0n) is 7.14. The van der Waals surface area contributed by atoms with Crippen LogP contribution in [0.3, 0.4) is 0 Å². The Morgan fingerprint density at radius 3 is 3.14 bits per heavy atom. The quantitative estimate of drug-likeness (QED) is 0.647. The first-order valence-corrected chi connectivity index (χ1v) is 4.06. The first-order chi connectivity index (χ1) is 6.68. The summed E-state index contributed by atoms with van der Waals surface area (Å²) in [7, 11) is 0. The summed E-state index contributed by atoms with van der Waals surface area (Å²) in [5, 5.41) is 8.68. The van der Waals surface area contributed by atoms with Crippen molar-refractivity contribution in [3.05, 3.63) is 29.6 Å². The van der Waals surface area contributed by atoms with Crippen LogP contribution in [0.1, 0.15) is 16.1 Å². The van der Waals surface area contributed by atoms with Crippen LogP contribution in [0.25, 0.3) is 0 Å². The highest BCUT2D eigenvalue weighted by Crippen LogP contribution is 2.18. The van der Waals surface area contributed by atoms with Gasteiger partial charge in [0.05, 0.1) is 0 Å². The van der Waals surface area contributed by atoms with Crippen LogP contribution in [-0.4, -0.2) is 28.1 Å². The number of hydrogen-bond acceptors (Lipinski definition) is 4. The number of pyridine rings is 1. The van der Waals surface area contributed by atoms with Gasteiger partial charge in [-0.2, -0.15) is 0 Å². The Morgan fingerprint density at radius 1 is 1.64 bits per heavy atom. The van der Waals surface area contributed by atoms with Gasteiger partial charge in [-0.15, -0.1) is 0 Å². The number of carbonyl (C=O) groups excluding carboxylic acids is 1. The maximum absolute atomic E-state index is 11.3. The highest BCUT2D eigenvalue weighted by Gasteiger charge is 2.31. The lowest BCUT2D eigenvalue weighted by molar-refractivity contribution is -0.147. The van der Waals surface area contributed by atoms with Gasteiger partial charge in [0, 0.05) is 12.6 Å². The standard InChI is InChI=1S/C9H7NO4/c11-8(12)6-4-5-2-1-3-10-7(5)9(13)14-6/h1-3,6H,4H2,(H,11,12). The second-order valence-electron chi connectivity index (χ2n) is 2.95. The minimum atomic E-state index is -1.13. The van der Waals surface area contributed by atoms with Crippen LogP contribution < -0.4 is 0 Å². The number of rotatable bonds is 1. The maximum Gasteiger partial charge on any atom is 0.358 e. The summed E-state index contributed by atoms with van der Waals surface area (Å²) >= 11 is 0. The fourth-order valence-corrected chi connectivity index (χ4v) is 1.35. The van der Waals surface area contributed by atoms with Gasteiger partial charge in [-0.3, -0.25) is 0 Å². The minimum absolute atomic E-state index is 0.185. The van der Waals surface area contributed by atoms with Crippen molar-refractivity contribution in [1.29, 1.82) is 0 Å². The molecule has 1 aromatic rings. The monoisotopic (exact) mass is 193 g/mol. The normalized spacial score (nSPS) is 19.7. The Bertz CT molecular complexity index is 402. The second-order valence-corrected chi connectivity index (χ2v) is 2.95. The van der Waals surface area contributed by atoms with E-state index in [4.69, 9.17) is 5.11 Å². The first kappa shape index (κ1) is 8.68. The van der Waals surface area contributed by atoms with Crippen LogP contribution in [0.15, 0.2) is 18.3 Å². The smallest absolute Gasteiger partial charge is 0.358 e. The van der Waals surface area contributed by atoms with Gasteiger partial charge < -0.3 is 9.84 Å². The molecule has 2 rings (SSSR count). The van der Waals surface area contributed by atoms with Crippen LogP contribution >= 0.6 is 0 Å². The number of aromatic nitrogens is 1. The number of carboxylic acids is 1. The van der Waals surface area contributed by atoms with Crippen molar-refractivity contribution in [3.8, 4) is 0 Å². The van der Waals surface area contributed by atoms with Gasteiger partial charge in [0.25, 0.3) is 0 Å². The molecule has 1 aromatic heterocycles. The summed E-state index contributed by atoms with van der Waals surface area (Å²) in [5.74, 6) is -1.80. The number of esters is 1. The second kappa shape index (κ2) is 3.10. The Labute approximate surface area is 79.3 Å². The van der Waals surface area contributed by atoms with Gasteiger partial charge in [-0.25, -0.2) is 14.6 Å². The van der Waals surface area contributed by atoms with Crippen molar-refractivity contribution < 1.29 is 19.4 Å². The lowest BCUT2D eigenvalue weighted by Crippen LogP contribution is -2.34.